The summed E-state index contributed by atoms with van der Waals surface area (Å²) in [7, 11) is 0. The van der Waals surface area contributed by atoms with Crippen molar-refractivity contribution in [1.82, 2.24) is 0 Å². The predicted molar refractivity (Wildman–Crippen MR) is 41.0 cm³/mol. The lowest BCUT2D eigenvalue weighted by Crippen LogP contribution is -1.97. The molecule has 0 aromatic heterocycles. The molecular weight excluding hydrogens is 156 g/mol. The van der Waals surface area contributed by atoms with Gasteiger partial charge in [-0.1, -0.05) is 0 Å². The third-order valence-electron chi connectivity index (χ3n) is 1.25. The summed E-state index contributed by atoms with van der Waals surface area (Å²) in [6.07, 6.45) is 0. The first-order chi connectivity index (χ1) is 5.83. The molecule has 0 atom stereocenters. The van der Waals surface area contributed by atoms with Crippen LogP contribution in [0.25, 0.3) is 0 Å². The number of aliphatic imine (C=N–C) groups is 4. The van der Waals surface area contributed by atoms with Crippen LogP contribution in [-0.4, -0.2) is 23.3 Å². The third kappa shape index (κ3) is 0.724. The molecule has 2 aliphatic heterocycles. The molecule has 0 amide bonds. The van der Waals surface area contributed by atoms with Crippen molar-refractivity contribution in [3.8, 4) is 12.1 Å². The Morgan fingerprint density at radius 1 is 0.750 bits per heavy atom. The lowest BCUT2D eigenvalue weighted by atomic mass is 10.6. The predicted octanol–water partition coefficient (Wildman–Crippen LogP) is -0.345. The molecule has 0 radical (unpaired) electrons. The van der Waals surface area contributed by atoms with Crippen molar-refractivity contribution in [2.75, 3.05) is 0 Å². The molecule has 54 valence electrons. The normalized spacial score (nSPS) is 18.2. The van der Waals surface area contributed by atoms with E-state index in [0.717, 1.165) is 0 Å². The van der Waals surface area contributed by atoms with Crippen molar-refractivity contribution in [3.05, 3.63) is 0 Å². The monoisotopic (exact) mass is 156 g/mol. The largest absolute Gasteiger partial charge is 0.236 e. The maximum atomic E-state index is 8.39. The minimum Gasteiger partial charge on any atom is -0.195 e. The van der Waals surface area contributed by atoms with Crippen LogP contribution in [0.4, 0.5) is 0 Å². The van der Waals surface area contributed by atoms with Crippen LogP contribution in [0.3, 0.4) is 0 Å². The van der Waals surface area contributed by atoms with Crippen molar-refractivity contribution in [1.29, 1.82) is 10.5 Å². The SMILES string of the molecule is N#CC1=NC2=NC(C#N)=NC2=N1. The summed E-state index contributed by atoms with van der Waals surface area (Å²) in [5.41, 5.74) is 0. The first-order valence-electron chi connectivity index (χ1n) is 2.99. The molecule has 0 aromatic carbocycles. The molecule has 6 nitrogen and oxygen atoms in total. The molecule has 2 aliphatic rings. The average Bonchev–Trinajstić information content (AvgIpc) is 2.59. The van der Waals surface area contributed by atoms with Gasteiger partial charge in [-0.25, -0.2) is 0 Å². The fourth-order valence-electron chi connectivity index (χ4n) is 0.801. The van der Waals surface area contributed by atoms with E-state index in [2.05, 4.69) is 20.0 Å². The molecule has 0 spiro atoms. The van der Waals surface area contributed by atoms with E-state index in [-0.39, 0.29) is 23.3 Å². The third-order valence-corrected chi connectivity index (χ3v) is 1.25. The van der Waals surface area contributed by atoms with Crippen molar-refractivity contribution >= 4 is 23.3 Å². The van der Waals surface area contributed by atoms with Gasteiger partial charge >= 0.3 is 0 Å². The van der Waals surface area contributed by atoms with Crippen LogP contribution in [0.15, 0.2) is 20.0 Å². The Bertz CT molecular complexity index is 405. The molecular formula is C6N6. The highest BCUT2D eigenvalue weighted by atomic mass is 15.2. The van der Waals surface area contributed by atoms with E-state index in [1.807, 2.05) is 0 Å². The van der Waals surface area contributed by atoms with Gasteiger partial charge in [0.2, 0.25) is 23.3 Å². The molecule has 6 heteroatoms. The van der Waals surface area contributed by atoms with Crippen LogP contribution in [0, 0.1) is 22.7 Å². The Kier molecular flexibility index (Phi) is 1.10. The van der Waals surface area contributed by atoms with Gasteiger partial charge in [-0.3, -0.25) is 0 Å². The van der Waals surface area contributed by atoms with E-state index in [1.54, 1.807) is 12.1 Å². The molecule has 0 bridgehead atoms. The van der Waals surface area contributed by atoms with Gasteiger partial charge in [0.05, 0.1) is 0 Å². The van der Waals surface area contributed by atoms with Gasteiger partial charge in [0.1, 0.15) is 12.1 Å². The lowest BCUT2D eigenvalue weighted by molar-refractivity contribution is 1.50. The van der Waals surface area contributed by atoms with Gasteiger partial charge in [0, 0.05) is 0 Å². The maximum absolute atomic E-state index is 8.39. The smallest absolute Gasteiger partial charge is 0.195 e. The Morgan fingerprint density at radius 3 is 1.50 bits per heavy atom. The average molecular weight is 156 g/mol. The highest BCUT2D eigenvalue weighted by Crippen LogP contribution is 2.07. The van der Waals surface area contributed by atoms with Crippen molar-refractivity contribution in [3.63, 3.8) is 0 Å². The Balaban J connectivity index is 2.44. The molecule has 0 fully saturated rings. The van der Waals surface area contributed by atoms with Crippen LogP contribution < -0.4 is 0 Å². The first-order valence-corrected chi connectivity index (χ1v) is 2.99. The van der Waals surface area contributed by atoms with Gasteiger partial charge in [0.15, 0.2) is 0 Å². The highest BCUT2D eigenvalue weighted by molar-refractivity contribution is 6.53. The van der Waals surface area contributed by atoms with Crippen LogP contribution >= 0.6 is 0 Å². The molecule has 0 aliphatic carbocycles. The van der Waals surface area contributed by atoms with Crippen molar-refractivity contribution in [2.45, 2.75) is 0 Å². The van der Waals surface area contributed by atoms with Gasteiger partial charge < -0.3 is 0 Å². The molecule has 0 aromatic rings. The minimum atomic E-state index is 0.0319. The number of nitrogens with zero attached hydrogens (tertiary/aromatic N) is 6. The van der Waals surface area contributed by atoms with E-state index in [0.29, 0.717) is 0 Å². The first kappa shape index (κ1) is 6.38. The second-order valence-electron chi connectivity index (χ2n) is 1.97. The zero-order chi connectivity index (χ0) is 8.55. The minimum absolute atomic E-state index is 0.0319. The summed E-state index contributed by atoms with van der Waals surface area (Å²) in [5, 5.41) is 16.8. The standard InChI is InChI=1S/C6N6/c7-1-3-9-5-6(10-3)12-4(2-8)11-5. The number of nitriles is 2. The summed E-state index contributed by atoms with van der Waals surface area (Å²) in [5.74, 6) is 0.570. The van der Waals surface area contributed by atoms with E-state index in [9.17, 15) is 0 Å². The van der Waals surface area contributed by atoms with E-state index >= 15 is 0 Å². The number of hydrogen-bond acceptors (Lipinski definition) is 6. The summed E-state index contributed by atoms with van der Waals surface area (Å²) < 4.78 is 0. The van der Waals surface area contributed by atoms with Gasteiger partial charge in [-0.05, 0) is 0 Å². The lowest BCUT2D eigenvalue weighted by Gasteiger charge is -1.76. The quantitative estimate of drug-likeness (QED) is 0.479. The van der Waals surface area contributed by atoms with Gasteiger partial charge in [-0.15, -0.1) is 0 Å². The summed E-state index contributed by atoms with van der Waals surface area (Å²) in [4.78, 5) is 14.8. The van der Waals surface area contributed by atoms with Gasteiger partial charge in [-0.2, -0.15) is 30.5 Å². The summed E-state index contributed by atoms with van der Waals surface area (Å²) >= 11 is 0. The second kappa shape index (κ2) is 2.07. The second-order valence-corrected chi connectivity index (χ2v) is 1.97. The molecule has 0 N–H and O–H groups in total. The van der Waals surface area contributed by atoms with Crippen molar-refractivity contribution in [2.24, 2.45) is 20.0 Å². The Labute approximate surface area is 66.9 Å². The summed E-state index contributed by atoms with van der Waals surface area (Å²) in [6, 6.07) is 3.51. The molecule has 12 heavy (non-hydrogen) atoms. The fourth-order valence-corrected chi connectivity index (χ4v) is 0.801. The van der Waals surface area contributed by atoms with E-state index in [4.69, 9.17) is 10.5 Å². The Morgan fingerprint density at radius 2 is 1.17 bits per heavy atom. The molecule has 0 saturated carbocycles. The number of fused-ring (bicyclic) bond motifs is 1. The maximum Gasteiger partial charge on any atom is 0.236 e. The van der Waals surface area contributed by atoms with Gasteiger partial charge in [0.25, 0.3) is 0 Å². The van der Waals surface area contributed by atoms with E-state index < -0.39 is 0 Å². The highest BCUT2D eigenvalue weighted by Gasteiger charge is 2.23. The number of hydrogen-bond donors (Lipinski definition) is 0. The zero-order valence-corrected chi connectivity index (χ0v) is 5.68. The Hall–Kier alpha value is -2.34. The zero-order valence-electron chi connectivity index (χ0n) is 5.68. The van der Waals surface area contributed by atoms with Crippen LogP contribution in [0.5, 0.6) is 0 Å². The summed E-state index contributed by atoms with van der Waals surface area (Å²) in [6.45, 7) is 0. The molecule has 2 heterocycles. The molecule has 0 saturated heterocycles. The van der Waals surface area contributed by atoms with Crippen molar-refractivity contribution < 1.29 is 0 Å². The topological polar surface area (TPSA) is 97.0 Å². The number of amidine groups is 4. The van der Waals surface area contributed by atoms with Crippen LogP contribution in [-0.2, 0) is 0 Å². The molecule has 0 unspecified atom stereocenters. The number of rotatable bonds is 0. The molecule has 2 rings (SSSR count). The fraction of sp³-hybridized carbons (Fsp3) is 0. The van der Waals surface area contributed by atoms with Crippen LogP contribution in [0.1, 0.15) is 0 Å². The van der Waals surface area contributed by atoms with E-state index in [1.165, 1.54) is 0 Å². The van der Waals surface area contributed by atoms with Crippen LogP contribution in [0.2, 0.25) is 0 Å².